The number of benzene rings is 1. The lowest BCUT2D eigenvalue weighted by Crippen LogP contribution is -2.43. The van der Waals surface area contributed by atoms with Crippen molar-refractivity contribution in [3.05, 3.63) is 45.6 Å². The molecule has 1 aromatic heterocycles. The lowest BCUT2D eigenvalue weighted by molar-refractivity contribution is -0.138. The topological polar surface area (TPSA) is 88.1 Å². The van der Waals surface area contributed by atoms with Crippen LogP contribution in [0.1, 0.15) is 22.0 Å². The molecule has 27 heavy (non-hydrogen) atoms. The first kappa shape index (κ1) is 19.2. The Hall–Kier alpha value is -2.58. The van der Waals surface area contributed by atoms with Crippen molar-refractivity contribution in [1.82, 2.24) is 10.2 Å². The summed E-state index contributed by atoms with van der Waals surface area (Å²) in [4.78, 5) is 26.1. The van der Waals surface area contributed by atoms with Crippen LogP contribution in [0.25, 0.3) is 0 Å². The minimum Gasteiger partial charge on any atom is -0.493 e. The molecule has 0 saturated heterocycles. The average Bonchev–Trinajstić information content (AvgIpc) is 3.19. The maximum absolute atomic E-state index is 12.2. The standard InChI is InChI=1S/C19H22N2O5S/c1-25-14-8-12-5-6-21(11-17(22)20-10-18(23)24)19(16-4-3-7-27-16)13(12)9-15(14)26-2/h3-4,7-9,19H,5-6,10-11H2,1-2H3,(H,20,22)(H,23,24). The average molecular weight is 390 g/mol. The Morgan fingerprint density at radius 1 is 1.30 bits per heavy atom. The lowest BCUT2D eigenvalue weighted by atomic mass is 9.91. The molecule has 1 unspecified atom stereocenters. The molecule has 0 aliphatic carbocycles. The van der Waals surface area contributed by atoms with E-state index in [1.54, 1.807) is 25.6 Å². The van der Waals surface area contributed by atoms with Crippen LogP contribution >= 0.6 is 11.3 Å². The second-order valence-corrected chi connectivity index (χ2v) is 7.19. The Kier molecular flexibility index (Phi) is 5.98. The van der Waals surface area contributed by atoms with Gasteiger partial charge in [0.05, 0.1) is 26.8 Å². The van der Waals surface area contributed by atoms with Crippen molar-refractivity contribution in [2.24, 2.45) is 0 Å². The van der Waals surface area contributed by atoms with Gasteiger partial charge in [0.15, 0.2) is 11.5 Å². The summed E-state index contributed by atoms with van der Waals surface area (Å²) < 4.78 is 10.9. The molecule has 1 amide bonds. The highest BCUT2D eigenvalue weighted by molar-refractivity contribution is 7.10. The van der Waals surface area contributed by atoms with Gasteiger partial charge in [-0.1, -0.05) is 6.07 Å². The monoisotopic (exact) mass is 390 g/mol. The quantitative estimate of drug-likeness (QED) is 0.751. The zero-order valence-corrected chi connectivity index (χ0v) is 16.0. The van der Waals surface area contributed by atoms with Gasteiger partial charge in [-0.3, -0.25) is 14.5 Å². The molecule has 0 spiro atoms. The van der Waals surface area contributed by atoms with Crippen molar-refractivity contribution in [1.29, 1.82) is 0 Å². The van der Waals surface area contributed by atoms with Gasteiger partial charge >= 0.3 is 5.97 Å². The minimum atomic E-state index is -1.06. The lowest BCUT2D eigenvalue weighted by Gasteiger charge is -2.36. The summed E-state index contributed by atoms with van der Waals surface area (Å²) in [6.07, 6.45) is 0.768. The second kappa shape index (κ2) is 8.41. The van der Waals surface area contributed by atoms with E-state index in [4.69, 9.17) is 14.6 Å². The number of fused-ring (bicyclic) bond motifs is 1. The van der Waals surface area contributed by atoms with E-state index in [1.807, 2.05) is 29.6 Å². The largest absolute Gasteiger partial charge is 0.493 e. The summed E-state index contributed by atoms with van der Waals surface area (Å²) in [6, 6.07) is 7.90. The number of aliphatic carboxylic acids is 1. The molecule has 0 fully saturated rings. The molecule has 0 bridgehead atoms. The third-order valence-electron chi connectivity index (χ3n) is 4.57. The molecule has 8 heteroatoms. The highest BCUT2D eigenvalue weighted by Gasteiger charge is 2.32. The first-order valence-corrected chi connectivity index (χ1v) is 9.42. The molecule has 2 N–H and O–H groups in total. The predicted molar refractivity (Wildman–Crippen MR) is 102 cm³/mol. The summed E-state index contributed by atoms with van der Waals surface area (Å²) in [5, 5.41) is 13.2. The molecule has 2 heterocycles. The van der Waals surface area contributed by atoms with Crippen LogP contribution in [-0.2, 0) is 16.0 Å². The van der Waals surface area contributed by atoms with Crippen molar-refractivity contribution in [2.45, 2.75) is 12.5 Å². The van der Waals surface area contributed by atoms with Crippen LogP contribution in [0, 0.1) is 0 Å². The van der Waals surface area contributed by atoms with Crippen LogP contribution in [0.3, 0.4) is 0 Å². The highest BCUT2D eigenvalue weighted by Crippen LogP contribution is 2.41. The molecular weight excluding hydrogens is 368 g/mol. The van der Waals surface area contributed by atoms with Crippen molar-refractivity contribution >= 4 is 23.2 Å². The van der Waals surface area contributed by atoms with Crippen molar-refractivity contribution in [2.75, 3.05) is 33.9 Å². The Bertz CT molecular complexity index is 822. The van der Waals surface area contributed by atoms with E-state index in [9.17, 15) is 9.59 Å². The third-order valence-corrected chi connectivity index (χ3v) is 5.49. The molecule has 3 rings (SSSR count). The predicted octanol–water partition coefficient (Wildman–Crippen LogP) is 1.91. The van der Waals surface area contributed by atoms with Crippen molar-refractivity contribution in [3.8, 4) is 11.5 Å². The Balaban J connectivity index is 1.93. The fraction of sp³-hybridized carbons (Fsp3) is 0.368. The van der Waals surface area contributed by atoms with Crippen LogP contribution in [0.15, 0.2) is 29.6 Å². The van der Waals surface area contributed by atoms with Gasteiger partial charge in [0.25, 0.3) is 0 Å². The van der Waals surface area contributed by atoms with E-state index < -0.39 is 5.97 Å². The van der Waals surface area contributed by atoms with Gasteiger partial charge in [-0.2, -0.15) is 0 Å². The molecule has 1 aliphatic heterocycles. The van der Waals surface area contributed by atoms with Gasteiger partial charge in [-0.25, -0.2) is 0 Å². The maximum Gasteiger partial charge on any atom is 0.322 e. The van der Waals surface area contributed by atoms with E-state index in [0.29, 0.717) is 18.0 Å². The third kappa shape index (κ3) is 4.23. The number of thiophene rings is 1. The molecule has 0 saturated carbocycles. The summed E-state index contributed by atoms with van der Waals surface area (Å²) in [5.41, 5.74) is 2.24. The van der Waals surface area contributed by atoms with Crippen molar-refractivity contribution in [3.63, 3.8) is 0 Å². The number of methoxy groups -OCH3 is 2. The minimum absolute atomic E-state index is 0.0934. The van der Waals surface area contributed by atoms with Gasteiger partial charge in [0.1, 0.15) is 6.54 Å². The van der Waals surface area contributed by atoms with Gasteiger partial charge in [0.2, 0.25) is 5.91 Å². The van der Waals surface area contributed by atoms with Crippen LogP contribution in [0.4, 0.5) is 0 Å². The molecule has 2 aromatic rings. The zero-order chi connectivity index (χ0) is 19.4. The molecule has 1 aromatic carbocycles. The Morgan fingerprint density at radius 3 is 2.67 bits per heavy atom. The van der Waals surface area contributed by atoms with Gasteiger partial charge in [-0.15, -0.1) is 11.3 Å². The van der Waals surface area contributed by atoms with E-state index in [1.165, 1.54) is 0 Å². The first-order valence-electron chi connectivity index (χ1n) is 8.54. The number of amides is 1. The maximum atomic E-state index is 12.2. The summed E-state index contributed by atoms with van der Waals surface area (Å²) >= 11 is 1.63. The first-order chi connectivity index (χ1) is 13.0. The smallest absolute Gasteiger partial charge is 0.322 e. The number of carboxylic acid groups (broad SMARTS) is 1. The van der Waals surface area contributed by atoms with E-state index in [-0.39, 0.29) is 25.0 Å². The summed E-state index contributed by atoms with van der Waals surface area (Å²) in [5.74, 6) is -0.0225. The van der Waals surface area contributed by atoms with Crippen molar-refractivity contribution < 1.29 is 24.2 Å². The number of nitrogens with zero attached hydrogens (tertiary/aromatic N) is 1. The number of rotatable bonds is 7. The second-order valence-electron chi connectivity index (χ2n) is 6.21. The normalized spacial score (nSPS) is 16.4. The van der Waals surface area contributed by atoms with E-state index in [0.717, 1.165) is 22.4 Å². The van der Waals surface area contributed by atoms with Crippen LogP contribution < -0.4 is 14.8 Å². The number of ether oxygens (including phenoxy) is 2. The molecule has 144 valence electrons. The van der Waals surface area contributed by atoms with Gasteiger partial charge < -0.3 is 19.9 Å². The molecular formula is C19H22N2O5S. The fourth-order valence-corrected chi connectivity index (χ4v) is 4.24. The van der Waals surface area contributed by atoms with Crippen LogP contribution in [-0.4, -0.2) is 55.7 Å². The van der Waals surface area contributed by atoms with Gasteiger partial charge in [0, 0.05) is 11.4 Å². The molecule has 1 atom stereocenters. The number of hydrogen-bond acceptors (Lipinski definition) is 6. The number of carbonyl (C=O) groups excluding carboxylic acids is 1. The van der Waals surface area contributed by atoms with Crippen LogP contribution in [0.5, 0.6) is 11.5 Å². The molecule has 7 nitrogen and oxygen atoms in total. The number of nitrogens with one attached hydrogen (secondary N) is 1. The number of carboxylic acids is 1. The summed E-state index contributed by atoms with van der Waals surface area (Å²) in [7, 11) is 3.22. The summed E-state index contributed by atoms with van der Waals surface area (Å²) in [6.45, 7) is 0.438. The molecule has 0 radical (unpaired) electrons. The number of hydrogen-bond donors (Lipinski definition) is 2. The Morgan fingerprint density at radius 2 is 2.04 bits per heavy atom. The zero-order valence-electron chi connectivity index (χ0n) is 15.2. The van der Waals surface area contributed by atoms with E-state index in [2.05, 4.69) is 10.2 Å². The van der Waals surface area contributed by atoms with Gasteiger partial charge in [-0.05, 0) is 41.1 Å². The number of carbonyl (C=O) groups is 2. The van der Waals surface area contributed by atoms with Crippen LogP contribution in [0.2, 0.25) is 0 Å². The molecule has 1 aliphatic rings. The van der Waals surface area contributed by atoms with E-state index >= 15 is 0 Å². The SMILES string of the molecule is COc1cc2c(cc1OC)C(c1cccs1)N(CC(=O)NCC(=O)O)CC2. The fourth-order valence-electron chi connectivity index (χ4n) is 3.36. The highest BCUT2D eigenvalue weighted by atomic mass is 32.1. The Labute approximate surface area is 161 Å².